The van der Waals surface area contributed by atoms with E-state index in [1.54, 1.807) is 6.92 Å². The van der Waals surface area contributed by atoms with Gasteiger partial charge in [-0.15, -0.1) is 0 Å². The lowest BCUT2D eigenvalue weighted by Crippen LogP contribution is -2.07. The van der Waals surface area contributed by atoms with Gasteiger partial charge in [-0.25, -0.2) is 4.79 Å². The number of benzene rings is 1. The van der Waals surface area contributed by atoms with Crippen molar-refractivity contribution in [3.8, 4) is 0 Å². The number of thiazole rings is 1. The van der Waals surface area contributed by atoms with Crippen LogP contribution in [0.2, 0.25) is 0 Å². The van der Waals surface area contributed by atoms with E-state index < -0.39 is 5.97 Å². The van der Waals surface area contributed by atoms with Gasteiger partial charge in [-0.1, -0.05) is 41.7 Å². The molecule has 2 rings (SSSR count). The number of nitrogens with one attached hydrogen (secondary N) is 1. The van der Waals surface area contributed by atoms with Gasteiger partial charge in [0.15, 0.2) is 0 Å². The first-order valence-corrected chi connectivity index (χ1v) is 6.39. The fourth-order valence-corrected chi connectivity index (χ4v) is 2.31. The number of hydrogen-bond acceptors (Lipinski definition) is 4. The summed E-state index contributed by atoms with van der Waals surface area (Å²) in [5.74, 6) is -0.438. The molecule has 94 valence electrons. The first kappa shape index (κ1) is 12.6. The van der Waals surface area contributed by atoms with Crippen LogP contribution in [0.1, 0.15) is 20.9 Å². The van der Waals surface area contributed by atoms with E-state index in [9.17, 15) is 9.59 Å². The maximum absolute atomic E-state index is 11.7. The normalized spacial score (nSPS) is 10.3. The lowest BCUT2D eigenvalue weighted by Gasteiger charge is -2.03. The molecule has 0 spiro atoms. The second-order valence-electron chi connectivity index (χ2n) is 3.84. The minimum absolute atomic E-state index is 0.234. The highest BCUT2D eigenvalue weighted by Crippen LogP contribution is 2.10. The summed E-state index contributed by atoms with van der Waals surface area (Å²) in [6.07, 6.45) is 0.672. The molecule has 0 radical (unpaired) electrons. The fraction of sp³-hybridized carbons (Fsp3) is 0.231. The summed E-state index contributed by atoms with van der Waals surface area (Å²) in [5, 5.41) is 0. The summed E-state index contributed by atoms with van der Waals surface area (Å²) in [6.45, 7) is 2.00. The molecule has 0 saturated heterocycles. The molecule has 4 nitrogen and oxygen atoms in total. The Hall–Kier alpha value is -1.88. The Morgan fingerprint density at radius 1 is 1.33 bits per heavy atom. The number of aromatic nitrogens is 1. The van der Waals surface area contributed by atoms with Crippen LogP contribution in [0.15, 0.2) is 35.1 Å². The molecule has 1 heterocycles. The lowest BCUT2D eigenvalue weighted by molar-refractivity contribution is 0.0514. The Labute approximate surface area is 108 Å². The molecule has 1 aromatic heterocycles. The fourth-order valence-electron chi connectivity index (χ4n) is 1.57. The van der Waals surface area contributed by atoms with Crippen LogP contribution >= 0.6 is 11.3 Å². The maximum Gasteiger partial charge on any atom is 0.350 e. The van der Waals surface area contributed by atoms with E-state index in [1.165, 1.54) is 0 Å². The van der Waals surface area contributed by atoms with Crippen molar-refractivity contribution < 1.29 is 9.53 Å². The molecule has 5 heteroatoms. The van der Waals surface area contributed by atoms with Gasteiger partial charge in [0.1, 0.15) is 4.88 Å². The highest BCUT2D eigenvalue weighted by atomic mass is 32.1. The molecule has 0 aliphatic rings. The van der Waals surface area contributed by atoms with Gasteiger partial charge in [0.2, 0.25) is 0 Å². The zero-order valence-electron chi connectivity index (χ0n) is 9.93. The Bertz CT molecular complexity index is 586. The number of hydrogen-bond donors (Lipinski definition) is 1. The van der Waals surface area contributed by atoms with Crippen LogP contribution in [0.5, 0.6) is 0 Å². The molecule has 18 heavy (non-hydrogen) atoms. The molecule has 0 saturated carbocycles. The van der Waals surface area contributed by atoms with Crippen molar-refractivity contribution in [2.75, 3.05) is 6.61 Å². The van der Waals surface area contributed by atoms with Gasteiger partial charge in [0, 0.05) is 12.1 Å². The van der Waals surface area contributed by atoms with Gasteiger partial charge in [-0.3, -0.25) is 4.79 Å². The van der Waals surface area contributed by atoms with E-state index in [4.69, 9.17) is 4.74 Å². The van der Waals surface area contributed by atoms with E-state index in [0.717, 1.165) is 16.9 Å². The predicted octanol–water partition coefficient (Wildman–Crippen LogP) is 2.14. The number of carbonyl (C=O) groups excluding carboxylic acids is 1. The van der Waals surface area contributed by atoms with Gasteiger partial charge in [-0.05, 0) is 12.5 Å². The number of aryl methyl sites for hydroxylation is 1. The molecule has 0 aliphatic carbocycles. The van der Waals surface area contributed by atoms with Crippen LogP contribution in [-0.2, 0) is 11.2 Å². The molecule has 1 N–H and O–H groups in total. The lowest BCUT2D eigenvalue weighted by atomic mass is 10.2. The summed E-state index contributed by atoms with van der Waals surface area (Å²) >= 11 is 0.883. The molecular weight excluding hydrogens is 250 g/mol. The van der Waals surface area contributed by atoms with Crippen molar-refractivity contribution in [3.05, 3.63) is 56.1 Å². The minimum atomic E-state index is -0.438. The number of rotatable bonds is 4. The summed E-state index contributed by atoms with van der Waals surface area (Å²) in [6, 6.07) is 9.79. The second kappa shape index (κ2) is 5.64. The van der Waals surface area contributed by atoms with E-state index in [-0.39, 0.29) is 4.87 Å². The van der Waals surface area contributed by atoms with E-state index >= 15 is 0 Å². The average Bonchev–Trinajstić information content (AvgIpc) is 2.70. The van der Waals surface area contributed by atoms with Gasteiger partial charge in [0.05, 0.1) is 6.61 Å². The molecule has 2 aromatic rings. The van der Waals surface area contributed by atoms with Gasteiger partial charge >= 0.3 is 10.8 Å². The van der Waals surface area contributed by atoms with E-state index in [1.807, 2.05) is 30.3 Å². The third kappa shape index (κ3) is 3.07. The van der Waals surface area contributed by atoms with Gasteiger partial charge in [-0.2, -0.15) is 0 Å². The van der Waals surface area contributed by atoms with Crippen molar-refractivity contribution in [2.24, 2.45) is 0 Å². The SMILES string of the molecule is Cc1[nH]c(=O)sc1C(=O)OCCc1ccccc1. The van der Waals surface area contributed by atoms with Crippen molar-refractivity contribution in [3.63, 3.8) is 0 Å². The van der Waals surface area contributed by atoms with Crippen molar-refractivity contribution in [1.29, 1.82) is 0 Å². The van der Waals surface area contributed by atoms with Crippen molar-refractivity contribution >= 4 is 17.3 Å². The number of ether oxygens (including phenoxy) is 1. The van der Waals surface area contributed by atoms with Crippen LogP contribution in [-0.4, -0.2) is 17.6 Å². The summed E-state index contributed by atoms with van der Waals surface area (Å²) in [4.78, 5) is 25.4. The molecule has 0 amide bonds. The van der Waals surface area contributed by atoms with Crippen LogP contribution in [0.25, 0.3) is 0 Å². The van der Waals surface area contributed by atoms with Crippen LogP contribution in [0.3, 0.4) is 0 Å². The topological polar surface area (TPSA) is 59.2 Å². The highest BCUT2D eigenvalue weighted by Gasteiger charge is 2.14. The predicted molar refractivity (Wildman–Crippen MR) is 70.1 cm³/mol. The Kier molecular flexibility index (Phi) is 3.94. The average molecular weight is 263 g/mol. The molecule has 0 unspecified atom stereocenters. The van der Waals surface area contributed by atoms with E-state index in [0.29, 0.717) is 23.6 Å². The third-order valence-electron chi connectivity index (χ3n) is 2.48. The summed E-state index contributed by atoms with van der Waals surface area (Å²) in [7, 11) is 0. The van der Waals surface area contributed by atoms with Crippen LogP contribution < -0.4 is 4.87 Å². The largest absolute Gasteiger partial charge is 0.461 e. The Balaban J connectivity index is 1.89. The molecular formula is C13H13NO3S. The molecule has 0 atom stereocenters. The van der Waals surface area contributed by atoms with Gasteiger partial charge < -0.3 is 9.72 Å². The number of carbonyl (C=O) groups is 1. The first-order chi connectivity index (χ1) is 8.66. The standard InChI is InChI=1S/C13H13NO3S/c1-9-11(18-13(16)14-9)12(15)17-8-7-10-5-3-2-4-6-10/h2-6H,7-8H2,1H3,(H,14,16). The number of aromatic amines is 1. The molecule has 0 fully saturated rings. The number of H-pyrrole nitrogens is 1. The van der Waals surface area contributed by atoms with Crippen LogP contribution in [0.4, 0.5) is 0 Å². The van der Waals surface area contributed by atoms with E-state index in [2.05, 4.69) is 4.98 Å². The molecule has 0 bridgehead atoms. The minimum Gasteiger partial charge on any atom is -0.461 e. The summed E-state index contributed by atoms with van der Waals surface area (Å²) in [5.41, 5.74) is 1.68. The first-order valence-electron chi connectivity index (χ1n) is 5.57. The summed E-state index contributed by atoms with van der Waals surface area (Å²) < 4.78 is 5.14. The van der Waals surface area contributed by atoms with Crippen LogP contribution in [0, 0.1) is 6.92 Å². The van der Waals surface area contributed by atoms with Crippen molar-refractivity contribution in [1.82, 2.24) is 4.98 Å². The Morgan fingerprint density at radius 2 is 2.06 bits per heavy atom. The zero-order valence-corrected chi connectivity index (χ0v) is 10.8. The quantitative estimate of drug-likeness (QED) is 0.860. The van der Waals surface area contributed by atoms with Crippen molar-refractivity contribution in [2.45, 2.75) is 13.3 Å². The number of esters is 1. The third-order valence-corrected chi connectivity index (χ3v) is 3.44. The second-order valence-corrected chi connectivity index (χ2v) is 4.82. The highest BCUT2D eigenvalue weighted by molar-refractivity contribution is 7.11. The monoisotopic (exact) mass is 263 g/mol. The van der Waals surface area contributed by atoms with Gasteiger partial charge in [0.25, 0.3) is 0 Å². The smallest absolute Gasteiger partial charge is 0.350 e. The Morgan fingerprint density at radius 3 is 2.67 bits per heavy atom. The molecule has 0 aliphatic heterocycles. The maximum atomic E-state index is 11.7. The zero-order chi connectivity index (χ0) is 13.0. The molecule has 1 aromatic carbocycles.